The number of amides is 1. The number of hydrogen-bond donors (Lipinski definition) is 5. The molecule has 3 aromatic heterocycles. The largest absolute Gasteiger partial charge is 0.479 e. The summed E-state index contributed by atoms with van der Waals surface area (Å²) in [5.41, 5.74) is 7.59. The highest BCUT2D eigenvalue weighted by molar-refractivity contribution is 7.14. The first-order valence-electron chi connectivity index (χ1n) is 9.81. The number of H-pyrrole nitrogens is 2. The number of nitrogens with zero attached hydrogens (tertiary/aromatic N) is 1. The van der Waals surface area contributed by atoms with Crippen molar-refractivity contribution >= 4 is 39.9 Å². The summed E-state index contributed by atoms with van der Waals surface area (Å²) in [6.45, 7) is 3.64. The van der Waals surface area contributed by atoms with Crippen LogP contribution in [0.3, 0.4) is 0 Å². The first kappa shape index (κ1) is 21.3. The number of aliphatic carboxylic acids is 1. The number of carbonyl (C=O) groups is 2. The van der Waals surface area contributed by atoms with Gasteiger partial charge in [-0.2, -0.15) is 0 Å². The van der Waals surface area contributed by atoms with Crippen molar-refractivity contribution < 1.29 is 14.7 Å². The number of carboxylic acids is 1. The monoisotopic (exact) mass is 451 g/mol. The topological polar surface area (TPSA) is 154 Å². The van der Waals surface area contributed by atoms with Gasteiger partial charge in [-0.1, -0.05) is 19.1 Å². The van der Waals surface area contributed by atoms with Gasteiger partial charge in [0, 0.05) is 22.7 Å². The van der Waals surface area contributed by atoms with Crippen molar-refractivity contribution in [3.63, 3.8) is 0 Å². The third-order valence-corrected chi connectivity index (χ3v) is 6.47. The maximum atomic E-state index is 12.8. The summed E-state index contributed by atoms with van der Waals surface area (Å²) in [5.74, 6) is -1.34. The molecule has 0 aliphatic carbocycles. The molecule has 0 bridgehead atoms. The molecular formula is C22H21N5O4S. The minimum atomic E-state index is -1.23. The number of aromatic amines is 2. The van der Waals surface area contributed by atoms with Gasteiger partial charge in [-0.15, -0.1) is 11.3 Å². The first-order valence-corrected chi connectivity index (χ1v) is 10.6. The van der Waals surface area contributed by atoms with Crippen molar-refractivity contribution in [3.05, 3.63) is 79.7 Å². The molecule has 0 aliphatic heterocycles. The van der Waals surface area contributed by atoms with E-state index in [0.717, 1.165) is 10.4 Å². The Bertz CT molecular complexity index is 1390. The fourth-order valence-electron chi connectivity index (χ4n) is 3.61. The molecule has 4 aromatic rings. The van der Waals surface area contributed by atoms with Crippen molar-refractivity contribution in [1.82, 2.24) is 20.3 Å². The number of nitrogens with two attached hydrogens (primary N) is 1. The predicted molar refractivity (Wildman–Crippen MR) is 122 cm³/mol. The zero-order valence-corrected chi connectivity index (χ0v) is 18.1. The van der Waals surface area contributed by atoms with Gasteiger partial charge in [0.05, 0.1) is 10.3 Å². The number of aromatic nitrogens is 3. The van der Waals surface area contributed by atoms with E-state index in [9.17, 15) is 19.5 Å². The number of rotatable bonds is 6. The molecule has 2 unspecified atom stereocenters. The lowest BCUT2D eigenvalue weighted by Crippen LogP contribution is -2.33. The van der Waals surface area contributed by atoms with Gasteiger partial charge in [0.25, 0.3) is 11.5 Å². The number of nitrogen functional groups attached to an aromatic ring is 1. The van der Waals surface area contributed by atoms with Crippen LogP contribution in [0.1, 0.15) is 50.4 Å². The second kappa shape index (κ2) is 8.31. The van der Waals surface area contributed by atoms with E-state index in [0.29, 0.717) is 33.0 Å². The minimum absolute atomic E-state index is 0.176. The van der Waals surface area contributed by atoms with Gasteiger partial charge in [0.15, 0.2) is 6.04 Å². The van der Waals surface area contributed by atoms with Crippen molar-refractivity contribution in [2.75, 3.05) is 5.73 Å². The molecule has 1 amide bonds. The number of aryl methyl sites for hydroxylation is 1. The summed E-state index contributed by atoms with van der Waals surface area (Å²) >= 11 is 1.24. The number of carbonyl (C=O) groups excluding carboxylic acids is 1. The quantitative estimate of drug-likeness (QED) is 0.284. The number of anilines is 1. The van der Waals surface area contributed by atoms with Crippen LogP contribution in [0, 0.1) is 6.92 Å². The molecular weight excluding hydrogens is 430 g/mol. The zero-order valence-electron chi connectivity index (χ0n) is 17.3. The molecule has 0 saturated heterocycles. The van der Waals surface area contributed by atoms with E-state index in [1.165, 1.54) is 17.4 Å². The normalized spacial score (nSPS) is 13.1. The standard InChI is InChI=1S/C22H21N5O4S/c1-10(14-9-24-19-17(14)21(29)26-11(2)25-19)15-6-7-16(32-15)20(28)27-18(22(30)31)12-4-3-5-13(23)8-12/h3-10,18H,23H2,1-2H3,(H,27,28)(H,30,31)(H2,24,25,26,29). The third kappa shape index (κ3) is 4.00. The van der Waals surface area contributed by atoms with E-state index in [-0.39, 0.29) is 11.5 Å². The molecule has 2 atom stereocenters. The number of fused-ring (bicyclic) bond motifs is 1. The molecule has 4 rings (SSSR count). The minimum Gasteiger partial charge on any atom is -0.479 e. The SMILES string of the molecule is Cc1nc2[nH]cc(C(C)c3ccc(C(=O)NC(C(=O)O)c4cccc(N)c4)s3)c2c(=O)[nH]1. The molecule has 0 saturated carbocycles. The Balaban J connectivity index is 1.59. The first-order chi connectivity index (χ1) is 15.2. The Morgan fingerprint density at radius 2 is 2.03 bits per heavy atom. The summed E-state index contributed by atoms with van der Waals surface area (Å²) in [7, 11) is 0. The molecule has 0 radical (unpaired) electrons. The molecule has 0 aliphatic rings. The van der Waals surface area contributed by atoms with Crippen LogP contribution in [0.25, 0.3) is 11.0 Å². The summed E-state index contributed by atoms with van der Waals surface area (Å²) < 4.78 is 0. The molecule has 9 nitrogen and oxygen atoms in total. The molecule has 0 spiro atoms. The molecule has 32 heavy (non-hydrogen) atoms. The van der Waals surface area contributed by atoms with Crippen LogP contribution >= 0.6 is 11.3 Å². The fourth-order valence-corrected chi connectivity index (χ4v) is 4.59. The molecule has 0 fully saturated rings. The lowest BCUT2D eigenvalue weighted by molar-refractivity contribution is -0.139. The second-order valence-electron chi connectivity index (χ2n) is 7.46. The summed E-state index contributed by atoms with van der Waals surface area (Å²) in [6.07, 6.45) is 1.75. The molecule has 1 aromatic carbocycles. The van der Waals surface area contributed by atoms with Gasteiger partial charge in [0.1, 0.15) is 11.5 Å². The highest BCUT2D eigenvalue weighted by Gasteiger charge is 2.25. The Labute approximate surface area is 186 Å². The van der Waals surface area contributed by atoms with Gasteiger partial charge in [-0.05, 0) is 42.3 Å². The average molecular weight is 452 g/mol. The van der Waals surface area contributed by atoms with E-state index in [4.69, 9.17) is 5.73 Å². The fraction of sp³-hybridized carbons (Fsp3) is 0.182. The van der Waals surface area contributed by atoms with Gasteiger partial charge in [0.2, 0.25) is 0 Å². The Hall–Kier alpha value is -3.92. The van der Waals surface area contributed by atoms with Crippen LogP contribution < -0.4 is 16.6 Å². The van der Waals surface area contributed by atoms with Crippen molar-refractivity contribution in [1.29, 1.82) is 0 Å². The summed E-state index contributed by atoms with van der Waals surface area (Å²) in [6, 6.07) is 8.62. The van der Waals surface area contributed by atoms with Crippen LogP contribution in [0.15, 0.2) is 47.4 Å². The van der Waals surface area contributed by atoms with Crippen LogP contribution in [0.4, 0.5) is 5.69 Å². The summed E-state index contributed by atoms with van der Waals surface area (Å²) in [5, 5.41) is 12.6. The number of hydrogen-bond acceptors (Lipinski definition) is 6. The maximum Gasteiger partial charge on any atom is 0.330 e. The van der Waals surface area contributed by atoms with E-state index < -0.39 is 17.9 Å². The van der Waals surface area contributed by atoms with Crippen LogP contribution in [-0.4, -0.2) is 31.9 Å². The van der Waals surface area contributed by atoms with E-state index in [2.05, 4.69) is 20.3 Å². The second-order valence-corrected chi connectivity index (χ2v) is 8.57. The third-order valence-electron chi connectivity index (χ3n) is 5.20. The smallest absolute Gasteiger partial charge is 0.330 e. The lowest BCUT2D eigenvalue weighted by Gasteiger charge is -2.15. The van der Waals surface area contributed by atoms with Crippen molar-refractivity contribution in [3.8, 4) is 0 Å². The number of benzene rings is 1. The average Bonchev–Trinajstić information content (AvgIpc) is 3.38. The van der Waals surface area contributed by atoms with Crippen LogP contribution in [0.2, 0.25) is 0 Å². The Kier molecular flexibility index (Phi) is 5.54. The highest BCUT2D eigenvalue weighted by Crippen LogP contribution is 2.33. The Morgan fingerprint density at radius 3 is 2.75 bits per heavy atom. The number of carboxylic acid groups (broad SMARTS) is 1. The number of thiophene rings is 1. The lowest BCUT2D eigenvalue weighted by atomic mass is 10.0. The van der Waals surface area contributed by atoms with Crippen molar-refractivity contribution in [2.45, 2.75) is 25.8 Å². The zero-order chi connectivity index (χ0) is 23.0. The van der Waals surface area contributed by atoms with Crippen LogP contribution in [0.5, 0.6) is 0 Å². The van der Waals surface area contributed by atoms with Crippen LogP contribution in [-0.2, 0) is 4.79 Å². The van der Waals surface area contributed by atoms with Gasteiger partial charge >= 0.3 is 5.97 Å². The van der Waals surface area contributed by atoms with Gasteiger partial charge in [-0.25, -0.2) is 9.78 Å². The Morgan fingerprint density at radius 1 is 1.25 bits per heavy atom. The summed E-state index contributed by atoms with van der Waals surface area (Å²) in [4.78, 5) is 48.2. The van der Waals surface area contributed by atoms with Crippen molar-refractivity contribution in [2.24, 2.45) is 0 Å². The molecule has 3 heterocycles. The van der Waals surface area contributed by atoms with Gasteiger partial charge < -0.3 is 26.1 Å². The maximum absolute atomic E-state index is 12.8. The molecule has 164 valence electrons. The molecule has 10 heteroatoms. The number of nitrogens with one attached hydrogen (secondary N) is 3. The van der Waals surface area contributed by atoms with E-state index >= 15 is 0 Å². The highest BCUT2D eigenvalue weighted by atomic mass is 32.1. The van der Waals surface area contributed by atoms with E-state index in [1.807, 2.05) is 6.92 Å². The predicted octanol–water partition coefficient (Wildman–Crippen LogP) is 2.91. The van der Waals surface area contributed by atoms with E-state index in [1.54, 1.807) is 43.5 Å². The van der Waals surface area contributed by atoms with Gasteiger partial charge in [-0.3, -0.25) is 9.59 Å². The molecule has 6 N–H and O–H groups in total.